The Hall–Kier alpha value is -3.08. The van der Waals surface area contributed by atoms with E-state index < -0.39 is 0 Å². The van der Waals surface area contributed by atoms with E-state index >= 15 is 0 Å². The van der Waals surface area contributed by atoms with E-state index in [4.69, 9.17) is 4.74 Å². The average molecular weight is 349 g/mol. The van der Waals surface area contributed by atoms with Crippen molar-refractivity contribution in [1.82, 2.24) is 9.78 Å². The molecule has 0 aliphatic carbocycles. The Morgan fingerprint density at radius 3 is 2.69 bits per heavy atom. The summed E-state index contributed by atoms with van der Waals surface area (Å²) in [7, 11) is 0. The molecule has 0 aliphatic rings. The highest BCUT2D eigenvalue weighted by Crippen LogP contribution is 2.19. The summed E-state index contributed by atoms with van der Waals surface area (Å²) in [6.07, 6.45) is 1.97. The van der Waals surface area contributed by atoms with Gasteiger partial charge in [0.25, 0.3) is 0 Å². The van der Waals surface area contributed by atoms with Gasteiger partial charge in [0.05, 0.1) is 25.8 Å². The Labute approximate surface area is 153 Å². The summed E-state index contributed by atoms with van der Waals surface area (Å²) in [6, 6.07) is 17.8. The van der Waals surface area contributed by atoms with Crippen molar-refractivity contribution in [3.8, 4) is 5.75 Å². The van der Waals surface area contributed by atoms with Crippen LogP contribution in [-0.2, 0) is 11.3 Å². The Morgan fingerprint density at radius 1 is 1.12 bits per heavy atom. The number of nitrogens with one attached hydrogen (secondary N) is 1. The van der Waals surface area contributed by atoms with Crippen molar-refractivity contribution in [2.24, 2.45) is 0 Å². The molecule has 0 saturated carbocycles. The maximum Gasteiger partial charge on any atom is 0.228 e. The van der Waals surface area contributed by atoms with Crippen LogP contribution in [0.5, 0.6) is 5.75 Å². The van der Waals surface area contributed by atoms with Crippen molar-refractivity contribution in [1.29, 1.82) is 0 Å². The Balaban J connectivity index is 1.52. The molecule has 2 aromatic carbocycles. The predicted octanol–water partition coefficient (Wildman–Crippen LogP) is 3.96. The fraction of sp³-hybridized carbons (Fsp3) is 0.238. The number of anilines is 1. The van der Waals surface area contributed by atoms with E-state index in [2.05, 4.69) is 16.5 Å². The second kappa shape index (κ2) is 8.34. The first-order valence-electron chi connectivity index (χ1n) is 8.67. The number of rotatable bonds is 7. The summed E-state index contributed by atoms with van der Waals surface area (Å²) in [4.78, 5) is 12.2. The first-order chi connectivity index (χ1) is 12.6. The van der Waals surface area contributed by atoms with Crippen LogP contribution in [0.1, 0.15) is 23.1 Å². The Morgan fingerprint density at radius 2 is 1.92 bits per heavy atom. The lowest BCUT2D eigenvalue weighted by Gasteiger charge is -2.11. The van der Waals surface area contributed by atoms with Crippen LogP contribution in [0.4, 0.5) is 5.82 Å². The van der Waals surface area contributed by atoms with E-state index in [0.29, 0.717) is 19.0 Å². The summed E-state index contributed by atoms with van der Waals surface area (Å²) in [5.74, 6) is 1.41. The normalized spacial score (nSPS) is 10.5. The van der Waals surface area contributed by atoms with Gasteiger partial charge >= 0.3 is 0 Å². The molecule has 0 bridgehead atoms. The van der Waals surface area contributed by atoms with E-state index in [0.717, 1.165) is 16.9 Å². The standard InChI is InChI=1S/C21H23N3O2/c1-16-8-9-19(17(2)14-16)26-13-11-21(25)23-20-10-12-22-24(20)15-18-6-4-3-5-7-18/h3-10,12,14H,11,13,15H2,1-2H3,(H,23,25). The van der Waals surface area contributed by atoms with Gasteiger partial charge in [0.2, 0.25) is 5.91 Å². The quantitative estimate of drug-likeness (QED) is 0.702. The smallest absolute Gasteiger partial charge is 0.228 e. The molecule has 1 N–H and O–H groups in total. The van der Waals surface area contributed by atoms with Crippen LogP contribution in [0, 0.1) is 13.8 Å². The molecule has 1 amide bonds. The average Bonchev–Trinajstić information content (AvgIpc) is 3.04. The van der Waals surface area contributed by atoms with Crippen molar-refractivity contribution in [2.75, 3.05) is 11.9 Å². The summed E-state index contributed by atoms with van der Waals surface area (Å²) in [5.41, 5.74) is 3.40. The van der Waals surface area contributed by atoms with Gasteiger partial charge in [0.1, 0.15) is 11.6 Å². The molecule has 3 aromatic rings. The topological polar surface area (TPSA) is 56.1 Å². The van der Waals surface area contributed by atoms with Crippen LogP contribution in [0.2, 0.25) is 0 Å². The Kier molecular flexibility index (Phi) is 5.69. The lowest BCUT2D eigenvalue weighted by atomic mass is 10.1. The highest BCUT2D eigenvalue weighted by molar-refractivity contribution is 5.89. The number of nitrogens with zero attached hydrogens (tertiary/aromatic N) is 2. The van der Waals surface area contributed by atoms with E-state index in [9.17, 15) is 4.79 Å². The SMILES string of the molecule is Cc1ccc(OCCC(=O)Nc2ccnn2Cc2ccccc2)c(C)c1. The molecule has 0 atom stereocenters. The molecule has 26 heavy (non-hydrogen) atoms. The number of aryl methyl sites for hydroxylation is 2. The molecule has 0 unspecified atom stereocenters. The minimum Gasteiger partial charge on any atom is -0.493 e. The van der Waals surface area contributed by atoms with Gasteiger partial charge < -0.3 is 10.1 Å². The van der Waals surface area contributed by atoms with Crippen LogP contribution >= 0.6 is 0 Å². The first-order valence-corrected chi connectivity index (χ1v) is 8.67. The largest absolute Gasteiger partial charge is 0.493 e. The fourth-order valence-corrected chi connectivity index (χ4v) is 2.74. The number of aromatic nitrogens is 2. The highest BCUT2D eigenvalue weighted by Gasteiger charge is 2.09. The second-order valence-electron chi connectivity index (χ2n) is 6.28. The minimum absolute atomic E-state index is 0.0930. The minimum atomic E-state index is -0.0930. The molecular formula is C21H23N3O2. The summed E-state index contributed by atoms with van der Waals surface area (Å²) >= 11 is 0. The molecule has 0 radical (unpaired) electrons. The third kappa shape index (κ3) is 4.72. The molecule has 5 nitrogen and oxygen atoms in total. The number of ether oxygens (including phenoxy) is 1. The number of amides is 1. The Bertz CT molecular complexity index is 872. The fourth-order valence-electron chi connectivity index (χ4n) is 2.74. The van der Waals surface area contributed by atoms with Crippen LogP contribution in [0.25, 0.3) is 0 Å². The zero-order chi connectivity index (χ0) is 18.4. The number of benzene rings is 2. The molecule has 0 spiro atoms. The second-order valence-corrected chi connectivity index (χ2v) is 6.28. The van der Waals surface area contributed by atoms with Gasteiger partial charge in [-0.05, 0) is 31.0 Å². The molecular weight excluding hydrogens is 326 g/mol. The summed E-state index contributed by atoms with van der Waals surface area (Å²) < 4.78 is 7.50. The van der Waals surface area contributed by atoms with E-state index in [-0.39, 0.29) is 12.3 Å². The van der Waals surface area contributed by atoms with E-state index in [1.165, 1.54) is 5.56 Å². The maximum absolute atomic E-state index is 12.2. The third-order valence-corrected chi connectivity index (χ3v) is 4.08. The molecule has 0 fully saturated rings. The van der Waals surface area contributed by atoms with Gasteiger partial charge in [-0.3, -0.25) is 4.79 Å². The van der Waals surface area contributed by atoms with E-state index in [1.807, 2.05) is 56.3 Å². The highest BCUT2D eigenvalue weighted by atomic mass is 16.5. The van der Waals surface area contributed by atoms with Gasteiger partial charge in [0, 0.05) is 6.07 Å². The lowest BCUT2D eigenvalue weighted by Crippen LogP contribution is -2.18. The molecule has 1 aromatic heterocycles. The molecule has 5 heteroatoms. The van der Waals surface area contributed by atoms with Crippen molar-refractivity contribution in [3.63, 3.8) is 0 Å². The monoisotopic (exact) mass is 349 g/mol. The van der Waals surface area contributed by atoms with Crippen molar-refractivity contribution in [3.05, 3.63) is 77.5 Å². The summed E-state index contributed by atoms with van der Waals surface area (Å²) in [5, 5.41) is 7.19. The molecule has 0 aliphatic heterocycles. The number of hydrogen-bond donors (Lipinski definition) is 1. The van der Waals surface area contributed by atoms with Crippen molar-refractivity contribution < 1.29 is 9.53 Å². The summed E-state index contributed by atoms with van der Waals surface area (Å²) in [6.45, 7) is 5.00. The number of carbonyl (C=O) groups is 1. The van der Waals surface area contributed by atoms with E-state index in [1.54, 1.807) is 16.9 Å². The maximum atomic E-state index is 12.2. The van der Waals surface area contributed by atoms with Crippen LogP contribution in [0.3, 0.4) is 0 Å². The van der Waals surface area contributed by atoms with Crippen molar-refractivity contribution in [2.45, 2.75) is 26.8 Å². The number of carbonyl (C=O) groups excluding carboxylic acids is 1. The molecule has 3 rings (SSSR count). The zero-order valence-corrected chi connectivity index (χ0v) is 15.1. The van der Waals surface area contributed by atoms with Gasteiger partial charge in [0.15, 0.2) is 0 Å². The van der Waals surface area contributed by atoms with Gasteiger partial charge in [-0.25, -0.2) is 4.68 Å². The molecule has 0 saturated heterocycles. The van der Waals surface area contributed by atoms with Crippen LogP contribution < -0.4 is 10.1 Å². The zero-order valence-electron chi connectivity index (χ0n) is 15.1. The van der Waals surface area contributed by atoms with Gasteiger partial charge in [-0.15, -0.1) is 0 Å². The molecule has 134 valence electrons. The predicted molar refractivity (Wildman–Crippen MR) is 102 cm³/mol. The first kappa shape index (κ1) is 17.7. The molecule has 1 heterocycles. The lowest BCUT2D eigenvalue weighted by molar-refractivity contribution is -0.116. The number of hydrogen-bond acceptors (Lipinski definition) is 3. The van der Waals surface area contributed by atoms with Crippen LogP contribution in [-0.4, -0.2) is 22.3 Å². The van der Waals surface area contributed by atoms with Crippen molar-refractivity contribution >= 4 is 11.7 Å². The van der Waals surface area contributed by atoms with Gasteiger partial charge in [-0.2, -0.15) is 5.10 Å². The van der Waals surface area contributed by atoms with Gasteiger partial charge in [-0.1, -0.05) is 48.0 Å². The third-order valence-electron chi connectivity index (χ3n) is 4.08. The van der Waals surface area contributed by atoms with Crippen LogP contribution in [0.15, 0.2) is 60.8 Å².